The first-order valence-electron chi connectivity index (χ1n) is 5.83. The normalized spacial score (nSPS) is 11.1. The van der Waals surface area contributed by atoms with E-state index in [2.05, 4.69) is 15.0 Å². The lowest BCUT2D eigenvalue weighted by Crippen LogP contribution is -2.17. The molecule has 0 aliphatic carbocycles. The fourth-order valence-corrected chi connectivity index (χ4v) is 2.34. The van der Waals surface area contributed by atoms with E-state index >= 15 is 0 Å². The van der Waals surface area contributed by atoms with Gasteiger partial charge in [0.1, 0.15) is 4.88 Å². The van der Waals surface area contributed by atoms with Gasteiger partial charge >= 0.3 is 12.1 Å². The van der Waals surface area contributed by atoms with Crippen LogP contribution >= 0.6 is 11.3 Å². The summed E-state index contributed by atoms with van der Waals surface area (Å²) in [5.41, 5.74) is 0.0528. The molecule has 1 aromatic heterocycles. The second kappa shape index (κ2) is 6.14. The van der Waals surface area contributed by atoms with E-state index in [1.807, 2.05) is 0 Å². The topological polar surface area (TPSA) is 68.3 Å². The maximum atomic E-state index is 12.7. The van der Waals surface area contributed by atoms with Gasteiger partial charge in [-0.05, 0) is 18.2 Å². The molecule has 1 heterocycles. The summed E-state index contributed by atoms with van der Waals surface area (Å²) < 4.78 is 42.6. The second-order valence-corrected chi connectivity index (χ2v) is 4.91. The van der Waals surface area contributed by atoms with Gasteiger partial charge in [0.25, 0.3) is 5.91 Å². The SMILES string of the molecule is COC(=O)c1cccc(NC(=O)c2scnc2C(F)(F)F)c1. The van der Waals surface area contributed by atoms with Crippen molar-refractivity contribution in [2.45, 2.75) is 6.18 Å². The number of thiazole rings is 1. The molecule has 0 fully saturated rings. The molecule has 0 unspecified atom stereocenters. The maximum Gasteiger partial charge on any atom is 0.434 e. The molecular weight excluding hydrogens is 321 g/mol. The molecule has 116 valence electrons. The highest BCUT2D eigenvalue weighted by molar-refractivity contribution is 7.12. The van der Waals surface area contributed by atoms with Crippen molar-refractivity contribution in [1.29, 1.82) is 0 Å². The standard InChI is InChI=1S/C13H9F3N2O3S/c1-21-12(20)7-3-2-4-8(5-7)18-11(19)9-10(13(14,15)16)17-6-22-9/h2-6H,1H3,(H,18,19). The number of alkyl halides is 3. The number of methoxy groups -OCH3 is 1. The molecule has 2 aromatic rings. The molecule has 0 bridgehead atoms. The molecule has 0 saturated carbocycles. The molecule has 1 N–H and O–H groups in total. The third kappa shape index (κ3) is 3.42. The lowest BCUT2D eigenvalue weighted by atomic mass is 10.2. The third-order valence-electron chi connectivity index (χ3n) is 2.58. The number of rotatable bonds is 3. The van der Waals surface area contributed by atoms with Gasteiger partial charge in [0, 0.05) is 5.69 Å². The fraction of sp³-hybridized carbons (Fsp3) is 0.154. The van der Waals surface area contributed by atoms with E-state index in [1.165, 1.54) is 31.4 Å². The van der Waals surface area contributed by atoms with Crippen LogP contribution in [0, 0.1) is 0 Å². The Morgan fingerprint density at radius 2 is 2.05 bits per heavy atom. The Labute approximate surface area is 126 Å². The van der Waals surface area contributed by atoms with Gasteiger partial charge in [-0.15, -0.1) is 11.3 Å². The Morgan fingerprint density at radius 3 is 2.68 bits per heavy atom. The minimum Gasteiger partial charge on any atom is -0.465 e. The molecule has 1 aromatic carbocycles. The maximum absolute atomic E-state index is 12.7. The van der Waals surface area contributed by atoms with E-state index in [1.54, 1.807) is 0 Å². The quantitative estimate of drug-likeness (QED) is 0.878. The minimum absolute atomic E-state index is 0.167. The molecule has 0 atom stereocenters. The highest BCUT2D eigenvalue weighted by atomic mass is 32.1. The number of halogens is 3. The first kappa shape index (κ1) is 16.0. The van der Waals surface area contributed by atoms with Crippen LogP contribution in [0.25, 0.3) is 0 Å². The van der Waals surface area contributed by atoms with Crippen LogP contribution in [0.2, 0.25) is 0 Å². The third-order valence-corrected chi connectivity index (χ3v) is 3.41. The number of nitrogens with one attached hydrogen (secondary N) is 1. The highest BCUT2D eigenvalue weighted by Gasteiger charge is 2.38. The average molecular weight is 330 g/mol. The monoisotopic (exact) mass is 330 g/mol. The van der Waals surface area contributed by atoms with Gasteiger partial charge in [0.05, 0.1) is 18.2 Å². The van der Waals surface area contributed by atoms with Crippen molar-refractivity contribution in [3.05, 3.63) is 45.9 Å². The van der Waals surface area contributed by atoms with Crippen LogP contribution in [0.4, 0.5) is 18.9 Å². The van der Waals surface area contributed by atoms with Gasteiger partial charge in [-0.2, -0.15) is 13.2 Å². The first-order valence-corrected chi connectivity index (χ1v) is 6.71. The molecule has 1 amide bonds. The summed E-state index contributed by atoms with van der Waals surface area (Å²) >= 11 is 0.584. The Hall–Kier alpha value is -2.42. The van der Waals surface area contributed by atoms with Crippen LogP contribution in [0.15, 0.2) is 29.8 Å². The van der Waals surface area contributed by atoms with Crippen molar-refractivity contribution in [2.24, 2.45) is 0 Å². The lowest BCUT2D eigenvalue weighted by Gasteiger charge is -2.08. The summed E-state index contributed by atoms with van der Waals surface area (Å²) in [6.07, 6.45) is -4.71. The lowest BCUT2D eigenvalue weighted by molar-refractivity contribution is -0.141. The number of nitrogens with zero attached hydrogens (tertiary/aromatic N) is 1. The molecule has 0 radical (unpaired) electrons. The van der Waals surface area contributed by atoms with Crippen LogP contribution in [-0.4, -0.2) is 24.0 Å². The largest absolute Gasteiger partial charge is 0.465 e. The summed E-state index contributed by atoms with van der Waals surface area (Å²) in [5.74, 6) is -1.57. The smallest absolute Gasteiger partial charge is 0.434 e. The van der Waals surface area contributed by atoms with Gasteiger partial charge < -0.3 is 10.1 Å². The Bertz CT molecular complexity index is 713. The number of aromatic nitrogens is 1. The molecule has 0 saturated heterocycles. The number of benzene rings is 1. The number of carbonyl (C=O) groups excluding carboxylic acids is 2. The summed E-state index contributed by atoms with van der Waals surface area (Å²) in [6.45, 7) is 0. The number of hydrogen-bond donors (Lipinski definition) is 1. The molecular formula is C13H9F3N2O3S. The zero-order chi connectivity index (χ0) is 16.3. The number of amides is 1. The van der Waals surface area contributed by atoms with Crippen LogP contribution < -0.4 is 5.32 Å². The number of esters is 1. The zero-order valence-corrected chi connectivity index (χ0v) is 11.9. The van der Waals surface area contributed by atoms with Crippen molar-refractivity contribution < 1.29 is 27.5 Å². The summed E-state index contributed by atoms with van der Waals surface area (Å²) in [5, 5.41) is 2.30. The van der Waals surface area contributed by atoms with E-state index in [4.69, 9.17) is 0 Å². The van der Waals surface area contributed by atoms with Crippen molar-refractivity contribution in [3.8, 4) is 0 Å². The van der Waals surface area contributed by atoms with Crippen LogP contribution in [0.5, 0.6) is 0 Å². The molecule has 0 aliphatic rings. The summed E-state index contributed by atoms with van der Waals surface area (Å²) in [7, 11) is 1.19. The molecule has 2 rings (SSSR count). The van der Waals surface area contributed by atoms with Crippen molar-refractivity contribution in [2.75, 3.05) is 12.4 Å². The Balaban J connectivity index is 2.23. The second-order valence-electron chi connectivity index (χ2n) is 4.05. The van der Waals surface area contributed by atoms with E-state index in [-0.39, 0.29) is 11.3 Å². The van der Waals surface area contributed by atoms with Gasteiger partial charge in [-0.3, -0.25) is 4.79 Å². The van der Waals surface area contributed by atoms with Crippen LogP contribution in [0.1, 0.15) is 25.7 Å². The van der Waals surface area contributed by atoms with Crippen molar-refractivity contribution in [1.82, 2.24) is 4.98 Å². The van der Waals surface area contributed by atoms with Gasteiger partial charge in [-0.1, -0.05) is 6.07 Å². The van der Waals surface area contributed by atoms with E-state index in [0.29, 0.717) is 11.3 Å². The molecule has 0 aliphatic heterocycles. The van der Waals surface area contributed by atoms with E-state index < -0.39 is 28.6 Å². The van der Waals surface area contributed by atoms with E-state index in [9.17, 15) is 22.8 Å². The van der Waals surface area contributed by atoms with Gasteiger partial charge in [-0.25, -0.2) is 9.78 Å². The fourth-order valence-electron chi connectivity index (χ4n) is 1.64. The van der Waals surface area contributed by atoms with Crippen LogP contribution in [0.3, 0.4) is 0 Å². The van der Waals surface area contributed by atoms with Gasteiger partial charge in [0.15, 0.2) is 5.69 Å². The average Bonchev–Trinajstić information content (AvgIpc) is 2.96. The predicted molar refractivity (Wildman–Crippen MR) is 72.9 cm³/mol. The molecule has 22 heavy (non-hydrogen) atoms. The number of carbonyl (C=O) groups is 2. The van der Waals surface area contributed by atoms with Crippen molar-refractivity contribution >= 4 is 28.9 Å². The zero-order valence-electron chi connectivity index (χ0n) is 11.1. The van der Waals surface area contributed by atoms with Gasteiger partial charge in [0.2, 0.25) is 0 Å². The van der Waals surface area contributed by atoms with Crippen LogP contribution in [-0.2, 0) is 10.9 Å². The van der Waals surface area contributed by atoms with E-state index in [0.717, 1.165) is 5.51 Å². The number of anilines is 1. The molecule has 9 heteroatoms. The number of hydrogen-bond acceptors (Lipinski definition) is 5. The Kier molecular flexibility index (Phi) is 4.45. The minimum atomic E-state index is -4.71. The summed E-state index contributed by atoms with van der Waals surface area (Å²) in [6, 6.07) is 5.67. The number of ether oxygens (including phenoxy) is 1. The van der Waals surface area contributed by atoms with Crippen molar-refractivity contribution in [3.63, 3.8) is 0 Å². The predicted octanol–water partition coefficient (Wildman–Crippen LogP) is 3.20. The summed E-state index contributed by atoms with van der Waals surface area (Å²) in [4.78, 5) is 25.9. The highest BCUT2D eigenvalue weighted by Crippen LogP contribution is 2.33. The Morgan fingerprint density at radius 1 is 1.32 bits per heavy atom. The molecule has 0 spiro atoms. The molecule has 5 nitrogen and oxygen atoms in total. The first-order chi connectivity index (χ1) is 10.3.